The first-order valence-corrected chi connectivity index (χ1v) is 6.43. The largest absolute Gasteiger partial charge is 0.449 e. The highest BCUT2D eigenvalue weighted by molar-refractivity contribution is 5.94. The molecule has 1 N–H and O–H groups in total. The molecule has 1 aromatic rings. The second-order valence-electron chi connectivity index (χ2n) is 4.58. The number of ether oxygens (including phenoxy) is 1. The molecule has 19 heavy (non-hydrogen) atoms. The summed E-state index contributed by atoms with van der Waals surface area (Å²) < 4.78 is 4.92. The van der Waals surface area contributed by atoms with Gasteiger partial charge in [-0.2, -0.15) is 0 Å². The molecule has 0 spiro atoms. The third-order valence-corrected chi connectivity index (χ3v) is 3.00. The second kappa shape index (κ2) is 6.22. The number of hydrogen-bond acceptors (Lipinski definition) is 3. The van der Waals surface area contributed by atoms with E-state index in [1.54, 1.807) is 11.0 Å². The summed E-state index contributed by atoms with van der Waals surface area (Å²) in [5.74, 6) is -0.117. The van der Waals surface area contributed by atoms with Gasteiger partial charge in [0.1, 0.15) is 0 Å². The highest BCUT2D eigenvalue weighted by Crippen LogP contribution is 2.05. The molecule has 5 nitrogen and oxygen atoms in total. The molecule has 5 heteroatoms. The summed E-state index contributed by atoms with van der Waals surface area (Å²) in [5, 5.41) is 2.81. The van der Waals surface area contributed by atoms with Crippen LogP contribution in [-0.4, -0.2) is 43.1 Å². The van der Waals surface area contributed by atoms with Crippen LogP contribution in [0.4, 0.5) is 4.79 Å². The predicted octanol–water partition coefficient (Wildman–Crippen LogP) is 1.57. The first kappa shape index (κ1) is 13.4. The Bertz CT molecular complexity index is 474. The molecule has 1 aromatic carbocycles. The van der Waals surface area contributed by atoms with Crippen molar-refractivity contribution in [1.29, 1.82) is 0 Å². The van der Waals surface area contributed by atoms with Crippen molar-refractivity contribution < 1.29 is 14.3 Å². The van der Waals surface area contributed by atoms with Crippen LogP contribution in [0.5, 0.6) is 0 Å². The zero-order chi connectivity index (χ0) is 13.7. The van der Waals surface area contributed by atoms with Gasteiger partial charge < -0.3 is 15.0 Å². The molecule has 0 saturated carbocycles. The fourth-order valence-corrected chi connectivity index (χ4v) is 1.99. The topological polar surface area (TPSA) is 58.6 Å². The van der Waals surface area contributed by atoms with Crippen molar-refractivity contribution in [3.8, 4) is 0 Å². The van der Waals surface area contributed by atoms with Crippen molar-refractivity contribution in [2.24, 2.45) is 0 Å². The molecular formula is C14H18N2O3. The van der Waals surface area contributed by atoms with Crippen LogP contribution >= 0.6 is 0 Å². The monoisotopic (exact) mass is 262 g/mol. The van der Waals surface area contributed by atoms with Gasteiger partial charge in [0.2, 0.25) is 0 Å². The zero-order valence-electron chi connectivity index (χ0n) is 11.0. The van der Waals surface area contributed by atoms with Crippen molar-refractivity contribution in [3.05, 3.63) is 35.4 Å². The highest BCUT2D eigenvalue weighted by atomic mass is 16.6. The molecule has 1 aliphatic heterocycles. The lowest BCUT2D eigenvalue weighted by Gasteiger charge is -2.26. The Balaban J connectivity index is 1.79. The van der Waals surface area contributed by atoms with Crippen LogP contribution in [0.1, 0.15) is 22.3 Å². The van der Waals surface area contributed by atoms with Crippen molar-refractivity contribution in [3.63, 3.8) is 0 Å². The SMILES string of the molecule is Cc1cccc(C(=O)NCCN2CCCOC2=O)c1. The van der Waals surface area contributed by atoms with Gasteiger partial charge in [-0.15, -0.1) is 0 Å². The van der Waals surface area contributed by atoms with E-state index >= 15 is 0 Å². The van der Waals surface area contributed by atoms with Gasteiger partial charge in [0, 0.05) is 25.2 Å². The molecule has 1 fully saturated rings. The van der Waals surface area contributed by atoms with Gasteiger partial charge in [0.05, 0.1) is 6.61 Å². The number of cyclic esters (lactones) is 1. The second-order valence-corrected chi connectivity index (χ2v) is 4.58. The summed E-state index contributed by atoms with van der Waals surface area (Å²) in [6.45, 7) is 4.04. The Morgan fingerprint density at radius 2 is 2.32 bits per heavy atom. The lowest BCUT2D eigenvalue weighted by molar-refractivity contribution is 0.0719. The molecule has 0 bridgehead atoms. The van der Waals surface area contributed by atoms with Crippen molar-refractivity contribution in [1.82, 2.24) is 10.2 Å². The summed E-state index contributed by atoms with van der Waals surface area (Å²) in [6, 6.07) is 7.41. The van der Waals surface area contributed by atoms with Gasteiger partial charge in [-0.1, -0.05) is 17.7 Å². The number of hydrogen-bond donors (Lipinski definition) is 1. The Morgan fingerprint density at radius 1 is 1.47 bits per heavy atom. The molecule has 1 saturated heterocycles. The van der Waals surface area contributed by atoms with Crippen LogP contribution in [0.2, 0.25) is 0 Å². The molecule has 0 unspecified atom stereocenters. The Morgan fingerprint density at radius 3 is 3.05 bits per heavy atom. The van der Waals surface area contributed by atoms with Crippen LogP contribution in [0.25, 0.3) is 0 Å². The van der Waals surface area contributed by atoms with Crippen LogP contribution in [0.3, 0.4) is 0 Å². The maximum Gasteiger partial charge on any atom is 0.409 e. The van der Waals surface area contributed by atoms with Gasteiger partial charge >= 0.3 is 6.09 Å². The number of carbonyl (C=O) groups is 2. The van der Waals surface area contributed by atoms with E-state index in [0.29, 0.717) is 31.8 Å². The van der Waals surface area contributed by atoms with Gasteiger partial charge in [-0.05, 0) is 25.5 Å². The molecule has 1 heterocycles. The average Bonchev–Trinajstić information content (AvgIpc) is 2.41. The van der Waals surface area contributed by atoms with E-state index < -0.39 is 0 Å². The van der Waals surface area contributed by atoms with Gasteiger partial charge in [-0.3, -0.25) is 4.79 Å². The number of carbonyl (C=O) groups excluding carboxylic acids is 2. The average molecular weight is 262 g/mol. The Kier molecular flexibility index (Phi) is 4.39. The minimum Gasteiger partial charge on any atom is -0.449 e. The molecule has 0 aromatic heterocycles. The van der Waals surface area contributed by atoms with E-state index in [9.17, 15) is 9.59 Å². The summed E-state index contributed by atoms with van der Waals surface area (Å²) in [6.07, 6.45) is 0.549. The molecule has 2 rings (SSSR count). The maximum atomic E-state index is 11.9. The van der Waals surface area contributed by atoms with E-state index in [2.05, 4.69) is 5.32 Å². The molecule has 102 valence electrons. The van der Waals surface area contributed by atoms with E-state index in [1.165, 1.54) is 0 Å². The fraction of sp³-hybridized carbons (Fsp3) is 0.429. The number of aryl methyl sites for hydroxylation is 1. The van der Waals surface area contributed by atoms with Crippen LogP contribution in [0, 0.1) is 6.92 Å². The molecule has 0 radical (unpaired) electrons. The normalized spacial score (nSPS) is 15.0. The van der Waals surface area contributed by atoms with Crippen molar-refractivity contribution >= 4 is 12.0 Å². The third-order valence-electron chi connectivity index (χ3n) is 3.00. The predicted molar refractivity (Wildman–Crippen MR) is 71.1 cm³/mol. The minimum atomic E-state index is -0.295. The summed E-state index contributed by atoms with van der Waals surface area (Å²) in [4.78, 5) is 24.9. The van der Waals surface area contributed by atoms with E-state index in [0.717, 1.165) is 12.0 Å². The quantitative estimate of drug-likeness (QED) is 0.896. The van der Waals surface area contributed by atoms with Crippen LogP contribution in [-0.2, 0) is 4.74 Å². The summed E-state index contributed by atoms with van der Waals surface area (Å²) in [7, 11) is 0. The lowest BCUT2D eigenvalue weighted by Crippen LogP contribution is -2.42. The molecular weight excluding hydrogens is 244 g/mol. The van der Waals surface area contributed by atoms with Crippen molar-refractivity contribution in [2.45, 2.75) is 13.3 Å². The van der Waals surface area contributed by atoms with E-state index in [4.69, 9.17) is 4.74 Å². The fourth-order valence-electron chi connectivity index (χ4n) is 1.99. The standard InChI is InChI=1S/C14H18N2O3/c1-11-4-2-5-12(10-11)13(17)15-6-8-16-7-3-9-19-14(16)18/h2,4-5,10H,3,6-9H2,1H3,(H,15,17). The first-order valence-electron chi connectivity index (χ1n) is 6.43. The summed E-state index contributed by atoms with van der Waals surface area (Å²) in [5.41, 5.74) is 1.69. The molecule has 2 amide bonds. The number of nitrogens with one attached hydrogen (secondary N) is 1. The van der Waals surface area contributed by atoms with E-state index in [1.807, 2.05) is 25.1 Å². The van der Waals surface area contributed by atoms with Crippen molar-refractivity contribution in [2.75, 3.05) is 26.2 Å². The number of amides is 2. The molecule has 0 aliphatic carbocycles. The van der Waals surface area contributed by atoms with Gasteiger partial charge in [-0.25, -0.2) is 4.79 Å². The van der Waals surface area contributed by atoms with Gasteiger partial charge in [0.15, 0.2) is 0 Å². The van der Waals surface area contributed by atoms with Crippen LogP contribution < -0.4 is 5.32 Å². The van der Waals surface area contributed by atoms with Gasteiger partial charge in [0.25, 0.3) is 5.91 Å². The minimum absolute atomic E-state index is 0.117. The number of benzene rings is 1. The highest BCUT2D eigenvalue weighted by Gasteiger charge is 2.18. The lowest BCUT2D eigenvalue weighted by atomic mass is 10.1. The zero-order valence-corrected chi connectivity index (χ0v) is 11.0. The Hall–Kier alpha value is -2.04. The van der Waals surface area contributed by atoms with Crippen LogP contribution in [0.15, 0.2) is 24.3 Å². The number of nitrogens with zero attached hydrogens (tertiary/aromatic N) is 1. The first-order chi connectivity index (χ1) is 9.16. The number of rotatable bonds is 4. The maximum absolute atomic E-state index is 11.9. The Labute approximate surface area is 112 Å². The van der Waals surface area contributed by atoms with E-state index in [-0.39, 0.29) is 12.0 Å². The molecule has 0 atom stereocenters. The third kappa shape index (κ3) is 3.71. The molecule has 1 aliphatic rings. The smallest absolute Gasteiger partial charge is 0.409 e. The summed E-state index contributed by atoms with van der Waals surface area (Å²) >= 11 is 0.